The Morgan fingerprint density at radius 1 is 1.32 bits per heavy atom. The largest absolute Gasteiger partial charge is 0.492 e. The molecule has 0 saturated carbocycles. The fraction of sp³-hybridized carbons (Fsp3) is 0.500. The summed E-state index contributed by atoms with van der Waals surface area (Å²) in [4.78, 5) is -0.395. The number of hydrogen-bond donors (Lipinski definition) is 1. The predicted octanol–water partition coefficient (Wildman–Crippen LogP) is 1.81. The third kappa shape index (κ3) is 3.42. The minimum atomic E-state index is -4.53. The normalized spacial score (nSPS) is 19.8. The topological polar surface area (TPSA) is 55.4 Å². The van der Waals surface area contributed by atoms with Crippen molar-refractivity contribution >= 4 is 9.84 Å². The molecule has 1 aromatic rings. The van der Waals surface area contributed by atoms with E-state index >= 15 is 0 Å². The molecule has 1 aliphatic rings. The van der Waals surface area contributed by atoms with Crippen molar-refractivity contribution in [2.45, 2.75) is 29.5 Å². The second-order valence-corrected chi connectivity index (χ2v) is 6.30. The Hall–Kier alpha value is -1.21. The van der Waals surface area contributed by atoms with Gasteiger partial charge in [-0.2, -0.15) is 8.78 Å². The summed E-state index contributed by atoms with van der Waals surface area (Å²) in [6, 6.07) is 5.36. The zero-order valence-corrected chi connectivity index (χ0v) is 11.0. The molecule has 1 unspecified atom stereocenters. The molecule has 0 amide bonds. The lowest BCUT2D eigenvalue weighted by atomic mass is 10.2. The Bertz CT molecular complexity index is 510. The first-order valence-electron chi connectivity index (χ1n) is 5.98. The van der Waals surface area contributed by atoms with Gasteiger partial charge in [0.1, 0.15) is 12.4 Å². The number of halogens is 2. The Labute approximate surface area is 110 Å². The first-order chi connectivity index (χ1) is 9.00. The van der Waals surface area contributed by atoms with Crippen molar-refractivity contribution in [3.05, 3.63) is 24.3 Å². The van der Waals surface area contributed by atoms with Crippen LogP contribution in [-0.4, -0.2) is 33.4 Å². The van der Waals surface area contributed by atoms with Crippen molar-refractivity contribution in [2.75, 3.05) is 13.2 Å². The quantitative estimate of drug-likeness (QED) is 0.899. The monoisotopic (exact) mass is 291 g/mol. The first kappa shape index (κ1) is 14.2. The maximum atomic E-state index is 12.3. The van der Waals surface area contributed by atoms with Crippen LogP contribution in [0, 0.1) is 0 Å². The number of hydrogen-bond acceptors (Lipinski definition) is 4. The van der Waals surface area contributed by atoms with Gasteiger partial charge in [-0.25, -0.2) is 8.42 Å². The molecule has 7 heteroatoms. The lowest BCUT2D eigenvalue weighted by Crippen LogP contribution is -2.28. The van der Waals surface area contributed by atoms with Crippen LogP contribution in [0.15, 0.2) is 29.2 Å². The number of rotatable bonds is 5. The Morgan fingerprint density at radius 2 is 2.00 bits per heavy atom. The van der Waals surface area contributed by atoms with Gasteiger partial charge in [0.2, 0.25) is 9.84 Å². The molecule has 1 aliphatic heterocycles. The molecule has 0 aliphatic carbocycles. The molecular weight excluding hydrogens is 276 g/mol. The molecule has 1 N–H and O–H groups in total. The van der Waals surface area contributed by atoms with E-state index in [0.29, 0.717) is 18.4 Å². The van der Waals surface area contributed by atoms with Crippen LogP contribution in [0.4, 0.5) is 8.78 Å². The van der Waals surface area contributed by atoms with Gasteiger partial charge < -0.3 is 10.1 Å². The minimum Gasteiger partial charge on any atom is -0.492 e. The number of alkyl halides is 2. The molecule has 106 valence electrons. The zero-order chi connectivity index (χ0) is 13.9. The summed E-state index contributed by atoms with van der Waals surface area (Å²) in [5.74, 6) is -2.93. The van der Waals surface area contributed by atoms with Crippen LogP contribution in [0.1, 0.15) is 12.8 Å². The summed E-state index contributed by atoms with van der Waals surface area (Å²) in [5, 5.41) is 3.26. The predicted molar refractivity (Wildman–Crippen MR) is 66.2 cm³/mol. The van der Waals surface area contributed by atoms with Crippen LogP contribution in [0.3, 0.4) is 0 Å². The average Bonchev–Trinajstić information content (AvgIpc) is 2.90. The van der Waals surface area contributed by atoms with E-state index in [2.05, 4.69) is 5.32 Å². The van der Waals surface area contributed by atoms with Gasteiger partial charge in [0.15, 0.2) is 0 Å². The van der Waals surface area contributed by atoms with E-state index in [-0.39, 0.29) is 0 Å². The zero-order valence-electron chi connectivity index (χ0n) is 10.2. The Balaban J connectivity index is 1.98. The molecule has 0 aromatic heterocycles. The summed E-state index contributed by atoms with van der Waals surface area (Å²) >= 11 is 0. The van der Waals surface area contributed by atoms with Crippen molar-refractivity contribution in [3.8, 4) is 5.75 Å². The number of ether oxygens (including phenoxy) is 1. The molecule has 1 aromatic carbocycles. The summed E-state index contributed by atoms with van der Waals surface area (Å²) in [5.41, 5.74) is 0. The Morgan fingerprint density at radius 3 is 2.53 bits per heavy atom. The van der Waals surface area contributed by atoms with E-state index in [1.54, 1.807) is 0 Å². The van der Waals surface area contributed by atoms with E-state index in [0.717, 1.165) is 31.5 Å². The van der Waals surface area contributed by atoms with E-state index in [4.69, 9.17) is 4.74 Å². The van der Waals surface area contributed by atoms with Gasteiger partial charge in [-0.05, 0) is 43.7 Å². The third-order valence-corrected chi connectivity index (χ3v) is 4.40. The summed E-state index contributed by atoms with van der Waals surface area (Å²) in [7, 11) is -4.53. The summed E-state index contributed by atoms with van der Waals surface area (Å²) in [6.45, 7) is 1.46. The average molecular weight is 291 g/mol. The van der Waals surface area contributed by atoms with Crippen LogP contribution in [0.2, 0.25) is 0 Å². The van der Waals surface area contributed by atoms with Crippen molar-refractivity contribution in [3.63, 3.8) is 0 Å². The Kier molecular flexibility index (Phi) is 4.36. The minimum absolute atomic E-state index is 0.296. The highest BCUT2D eigenvalue weighted by molar-refractivity contribution is 7.91. The number of benzene rings is 1. The third-order valence-electron chi connectivity index (χ3n) is 3.00. The molecule has 1 saturated heterocycles. The van der Waals surface area contributed by atoms with E-state index in [9.17, 15) is 17.2 Å². The van der Waals surface area contributed by atoms with Crippen LogP contribution >= 0.6 is 0 Å². The fourth-order valence-electron chi connectivity index (χ4n) is 1.92. The van der Waals surface area contributed by atoms with E-state index in [1.807, 2.05) is 0 Å². The van der Waals surface area contributed by atoms with Crippen molar-refractivity contribution in [2.24, 2.45) is 0 Å². The highest BCUT2D eigenvalue weighted by Gasteiger charge is 2.26. The van der Waals surface area contributed by atoms with Crippen molar-refractivity contribution in [1.29, 1.82) is 0 Å². The molecule has 1 fully saturated rings. The number of nitrogens with one attached hydrogen (secondary N) is 1. The van der Waals surface area contributed by atoms with Gasteiger partial charge in [0.05, 0.1) is 4.90 Å². The molecule has 1 heterocycles. The van der Waals surface area contributed by atoms with Crippen molar-refractivity contribution < 1.29 is 21.9 Å². The second kappa shape index (κ2) is 5.83. The highest BCUT2D eigenvalue weighted by atomic mass is 32.2. The van der Waals surface area contributed by atoms with Gasteiger partial charge >= 0.3 is 5.76 Å². The standard InChI is InChI=1S/C12H15F2NO3S/c13-12(14)19(16,17)11-5-3-10(4-6-11)18-8-9-2-1-7-15-9/h3-6,9,12,15H,1-2,7-8H2. The summed E-state index contributed by atoms with van der Waals surface area (Å²) < 4.78 is 52.5. The molecule has 0 spiro atoms. The van der Waals surface area contributed by atoms with Gasteiger partial charge in [0, 0.05) is 6.04 Å². The summed E-state index contributed by atoms with van der Waals surface area (Å²) in [6.07, 6.45) is 2.15. The first-order valence-corrected chi connectivity index (χ1v) is 7.53. The SMILES string of the molecule is O=S(=O)(c1ccc(OCC2CCCN2)cc1)C(F)F. The fourth-order valence-corrected chi connectivity index (χ4v) is 2.65. The van der Waals surface area contributed by atoms with Gasteiger partial charge in [-0.15, -0.1) is 0 Å². The van der Waals surface area contributed by atoms with Crippen LogP contribution in [0.5, 0.6) is 5.75 Å². The molecule has 0 bridgehead atoms. The smallest absolute Gasteiger partial charge is 0.341 e. The van der Waals surface area contributed by atoms with Crippen LogP contribution in [-0.2, 0) is 9.84 Å². The van der Waals surface area contributed by atoms with E-state index in [1.165, 1.54) is 12.1 Å². The molecule has 0 radical (unpaired) electrons. The number of sulfone groups is 1. The lowest BCUT2D eigenvalue weighted by Gasteiger charge is -2.12. The van der Waals surface area contributed by atoms with Crippen LogP contribution in [0.25, 0.3) is 0 Å². The molecule has 19 heavy (non-hydrogen) atoms. The molecule has 4 nitrogen and oxygen atoms in total. The van der Waals surface area contributed by atoms with Gasteiger partial charge in [-0.1, -0.05) is 0 Å². The van der Waals surface area contributed by atoms with Crippen LogP contribution < -0.4 is 10.1 Å². The maximum Gasteiger partial charge on any atom is 0.341 e. The maximum absolute atomic E-state index is 12.3. The highest BCUT2D eigenvalue weighted by Crippen LogP contribution is 2.21. The molecule has 1 atom stereocenters. The van der Waals surface area contributed by atoms with Gasteiger partial charge in [-0.3, -0.25) is 0 Å². The van der Waals surface area contributed by atoms with E-state index < -0.39 is 20.5 Å². The van der Waals surface area contributed by atoms with Crippen molar-refractivity contribution in [1.82, 2.24) is 5.32 Å². The molecule has 2 rings (SSSR count). The lowest BCUT2D eigenvalue weighted by molar-refractivity contribution is 0.234. The molecular formula is C12H15F2NO3S. The second-order valence-electron chi connectivity index (χ2n) is 4.38. The van der Waals surface area contributed by atoms with Gasteiger partial charge in [0.25, 0.3) is 0 Å².